The number of aromatic carboxylic acids is 4. The summed E-state index contributed by atoms with van der Waals surface area (Å²) in [5, 5.41) is 36.7. The zero-order valence-electron chi connectivity index (χ0n) is 17.5. The van der Waals surface area contributed by atoms with E-state index in [0.717, 1.165) is 11.1 Å². The van der Waals surface area contributed by atoms with E-state index in [4.69, 9.17) is 20.4 Å². The molecule has 34 heavy (non-hydrogen) atoms. The van der Waals surface area contributed by atoms with Crippen molar-refractivity contribution in [2.45, 2.75) is 0 Å². The van der Waals surface area contributed by atoms with Crippen molar-refractivity contribution in [3.05, 3.63) is 107 Å². The summed E-state index contributed by atoms with van der Waals surface area (Å²) in [5.41, 5.74) is 1.78. The van der Waals surface area contributed by atoms with Gasteiger partial charge in [-0.1, -0.05) is 54.6 Å². The zero-order valence-corrected chi connectivity index (χ0v) is 17.5. The van der Waals surface area contributed by atoms with E-state index in [2.05, 4.69) is 0 Å². The topological polar surface area (TPSA) is 149 Å². The molecule has 0 radical (unpaired) electrons. The van der Waals surface area contributed by atoms with E-state index in [1.165, 1.54) is 30.3 Å². The quantitative estimate of drug-likeness (QED) is 0.327. The maximum absolute atomic E-state index is 11.1. The molecule has 170 valence electrons. The molecule has 4 N–H and O–H groups in total. The molecule has 0 aliphatic carbocycles. The first-order valence-electron chi connectivity index (χ1n) is 9.84. The van der Waals surface area contributed by atoms with Gasteiger partial charge in [0, 0.05) is 0 Å². The minimum atomic E-state index is -1.23. The molecule has 0 aliphatic rings. The molecule has 0 fully saturated rings. The Bertz CT molecular complexity index is 1330. The predicted octanol–water partition coefficient (Wildman–Crippen LogP) is 4.99. The highest BCUT2D eigenvalue weighted by molar-refractivity contribution is 6.11. The lowest BCUT2D eigenvalue weighted by molar-refractivity contribution is 0.0653. The second-order valence-electron chi connectivity index (χ2n) is 7.08. The summed E-state index contributed by atoms with van der Waals surface area (Å²) in [5.74, 6) is -4.40. The third-order valence-electron chi connectivity index (χ3n) is 4.97. The van der Waals surface area contributed by atoms with Gasteiger partial charge in [-0.15, -0.1) is 0 Å². The maximum atomic E-state index is 11.1. The van der Waals surface area contributed by atoms with Crippen molar-refractivity contribution >= 4 is 34.6 Å². The van der Waals surface area contributed by atoms with Gasteiger partial charge in [0.15, 0.2) is 0 Å². The summed E-state index contributed by atoms with van der Waals surface area (Å²) in [4.78, 5) is 43.4. The van der Waals surface area contributed by atoms with Crippen LogP contribution in [0.1, 0.15) is 41.4 Å². The van der Waals surface area contributed by atoms with Crippen LogP contribution in [0.2, 0.25) is 0 Å². The van der Waals surface area contributed by atoms with E-state index in [0.29, 0.717) is 10.8 Å². The van der Waals surface area contributed by atoms with Crippen LogP contribution >= 0.6 is 0 Å². The zero-order chi connectivity index (χ0) is 24.8. The fourth-order valence-electron chi connectivity index (χ4n) is 3.29. The normalized spacial score (nSPS) is 10.1. The number of carboxylic acids is 4. The van der Waals surface area contributed by atoms with Gasteiger partial charge >= 0.3 is 23.9 Å². The number of hydrogen-bond acceptors (Lipinski definition) is 4. The molecule has 0 amide bonds. The molecule has 0 saturated carbocycles. The first-order chi connectivity index (χ1) is 16.2. The molecule has 0 aromatic heterocycles. The lowest BCUT2D eigenvalue weighted by Crippen LogP contribution is -2.08. The Morgan fingerprint density at radius 1 is 0.471 bits per heavy atom. The van der Waals surface area contributed by atoms with Gasteiger partial charge in [-0.3, -0.25) is 0 Å². The highest BCUT2D eigenvalue weighted by Gasteiger charge is 2.18. The van der Waals surface area contributed by atoms with Crippen LogP contribution in [0.5, 0.6) is 0 Å². The lowest BCUT2D eigenvalue weighted by atomic mass is 9.99. The summed E-state index contributed by atoms with van der Waals surface area (Å²) < 4.78 is 0. The van der Waals surface area contributed by atoms with Gasteiger partial charge in [-0.25, -0.2) is 19.2 Å². The Morgan fingerprint density at radius 3 is 1.35 bits per heavy atom. The second kappa shape index (κ2) is 10.1. The monoisotopic (exact) mass is 458 g/mol. The van der Waals surface area contributed by atoms with Gasteiger partial charge in [-0.05, 0) is 52.2 Å². The predicted molar refractivity (Wildman–Crippen MR) is 124 cm³/mol. The van der Waals surface area contributed by atoms with Crippen molar-refractivity contribution in [3.8, 4) is 11.1 Å². The molecule has 0 spiro atoms. The summed E-state index contributed by atoms with van der Waals surface area (Å²) in [6, 6.07) is 22.6. The van der Waals surface area contributed by atoms with E-state index in [1.807, 2.05) is 0 Å². The largest absolute Gasteiger partial charge is 0.478 e. The number of hydrogen-bond donors (Lipinski definition) is 4. The Labute approximate surface area is 193 Å². The van der Waals surface area contributed by atoms with Crippen LogP contribution < -0.4 is 0 Å². The summed E-state index contributed by atoms with van der Waals surface area (Å²) in [6.07, 6.45) is 0. The SMILES string of the molecule is O=C(O)c1ccc(-c2ccc(C(=O)O)cc2)cc1.O=C(O)c1ccc2ccccc2c1C(=O)O. The van der Waals surface area contributed by atoms with Gasteiger partial charge in [0.2, 0.25) is 0 Å². The minimum absolute atomic E-state index is 0.161. The van der Waals surface area contributed by atoms with Crippen molar-refractivity contribution in [1.29, 1.82) is 0 Å². The molecule has 4 aromatic rings. The van der Waals surface area contributed by atoms with Gasteiger partial charge in [0.05, 0.1) is 22.3 Å². The molecule has 8 heteroatoms. The molecule has 0 atom stereocenters. The van der Waals surface area contributed by atoms with Crippen LogP contribution in [0.15, 0.2) is 84.9 Å². The average Bonchev–Trinajstić information content (AvgIpc) is 2.83. The van der Waals surface area contributed by atoms with Crippen LogP contribution in [-0.2, 0) is 0 Å². The van der Waals surface area contributed by atoms with Crippen LogP contribution in [0.3, 0.4) is 0 Å². The maximum Gasteiger partial charge on any atom is 0.337 e. The van der Waals surface area contributed by atoms with Crippen molar-refractivity contribution in [2.75, 3.05) is 0 Å². The minimum Gasteiger partial charge on any atom is -0.478 e. The fourth-order valence-corrected chi connectivity index (χ4v) is 3.29. The molecule has 8 nitrogen and oxygen atoms in total. The van der Waals surface area contributed by atoms with Crippen molar-refractivity contribution < 1.29 is 39.6 Å². The molecule has 0 bridgehead atoms. The van der Waals surface area contributed by atoms with Crippen molar-refractivity contribution in [1.82, 2.24) is 0 Å². The molecule has 0 heterocycles. The standard InChI is InChI=1S/C14H10O4.C12H8O4/c15-13(16)11-5-1-9(2-6-11)10-3-7-12(8-4-10)14(17)18;13-11(14)9-6-5-7-3-1-2-4-8(7)10(9)12(15)16/h1-8H,(H,15,16)(H,17,18);1-6H,(H,13,14)(H,15,16). The van der Waals surface area contributed by atoms with E-state index >= 15 is 0 Å². The Balaban J connectivity index is 0.000000192. The van der Waals surface area contributed by atoms with Crippen LogP contribution in [0.4, 0.5) is 0 Å². The van der Waals surface area contributed by atoms with E-state index in [9.17, 15) is 19.2 Å². The second-order valence-corrected chi connectivity index (χ2v) is 7.08. The first kappa shape index (κ1) is 23.7. The Hall–Kier alpha value is -4.98. The summed E-state index contributed by atoms with van der Waals surface area (Å²) >= 11 is 0. The molecule has 0 saturated heterocycles. The summed E-state index contributed by atoms with van der Waals surface area (Å²) in [6.45, 7) is 0. The van der Waals surface area contributed by atoms with Gasteiger partial charge < -0.3 is 20.4 Å². The highest BCUT2D eigenvalue weighted by atomic mass is 16.4. The average molecular weight is 458 g/mol. The van der Waals surface area contributed by atoms with Crippen molar-refractivity contribution in [3.63, 3.8) is 0 Å². The molecular formula is C26H18O8. The number of fused-ring (bicyclic) bond motifs is 1. The number of benzene rings is 4. The highest BCUT2D eigenvalue weighted by Crippen LogP contribution is 2.23. The van der Waals surface area contributed by atoms with Crippen LogP contribution in [0, 0.1) is 0 Å². The van der Waals surface area contributed by atoms with E-state index < -0.39 is 23.9 Å². The van der Waals surface area contributed by atoms with Crippen LogP contribution in [-0.4, -0.2) is 44.3 Å². The number of carbonyl (C=O) groups is 4. The smallest absolute Gasteiger partial charge is 0.337 e. The Morgan fingerprint density at radius 2 is 0.941 bits per heavy atom. The van der Waals surface area contributed by atoms with Gasteiger partial charge in [0.1, 0.15) is 0 Å². The van der Waals surface area contributed by atoms with E-state index in [1.54, 1.807) is 54.6 Å². The number of carboxylic acid groups (broad SMARTS) is 4. The molecule has 4 aromatic carbocycles. The van der Waals surface area contributed by atoms with Crippen molar-refractivity contribution in [2.24, 2.45) is 0 Å². The molecule has 4 rings (SSSR count). The lowest BCUT2D eigenvalue weighted by Gasteiger charge is -2.05. The first-order valence-corrected chi connectivity index (χ1v) is 9.84. The molecule has 0 unspecified atom stereocenters. The third-order valence-corrected chi connectivity index (χ3v) is 4.97. The van der Waals surface area contributed by atoms with Gasteiger partial charge in [-0.2, -0.15) is 0 Å². The summed E-state index contributed by atoms with van der Waals surface area (Å²) in [7, 11) is 0. The van der Waals surface area contributed by atoms with Crippen LogP contribution in [0.25, 0.3) is 21.9 Å². The third kappa shape index (κ3) is 5.25. The van der Waals surface area contributed by atoms with E-state index in [-0.39, 0.29) is 22.3 Å². The molecular weight excluding hydrogens is 440 g/mol. The van der Waals surface area contributed by atoms with Gasteiger partial charge in [0.25, 0.3) is 0 Å². The number of rotatable bonds is 5. The fraction of sp³-hybridized carbons (Fsp3) is 0. The molecule has 0 aliphatic heterocycles. The Kier molecular flexibility index (Phi) is 7.03.